The zero-order valence-corrected chi connectivity index (χ0v) is 17.7. The fraction of sp³-hybridized carbons (Fsp3) is 0.476. The van der Waals surface area contributed by atoms with E-state index >= 15 is 0 Å². The van der Waals surface area contributed by atoms with Crippen LogP contribution in [-0.2, 0) is 22.4 Å². The summed E-state index contributed by atoms with van der Waals surface area (Å²) in [4.78, 5) is 19.3. The Kier molecular flexibility index (Phi) is 6.51. The van der Waals surface area contributed by atoms with Gasteiger partial charge in [-0.05, 0) is 38.0 Å². The van der Waals surface area contributed by atoms with Crippen LogP contribution < -0.4 is 10.6 Å². The van der Waals surface area contributed by atoms with Crippen LogP contribution in [0.15, 0.2) is 30.3 Å². The second-order valence-corrected chi connectivity index (χ2v) is 8.37. The number of nitrogens with two attached hydrogens (primary N) is 1. The molecule has 0 spiro atoms. The van der Waals surface area contributed by atoms with E-state index in [0.717, 1.165) is 0 Å². The Labute approximate surface area is 178 Å². The molecular formula is C21H26F3N5O2. The van der Waals surface area contributed by atoms with Crippen LogP contribution in [0.1, 0.15) is 32.0 Å². The van der Waals surface area contributed by atoms with Gasteiger partial charge in [0.05, 0.1) is 18.5 Å². The predicted molar refractivity (Wildman–Crippen MR) is 110 cm³/mol. The highest BCUT2D eigenvalue weighted by Crippen LogP contribution is 2.38. The summed E-state index contributed by atoms with van der Waals surface area (Å²) in [6, 6.07) is 8.09. The number of carbonyl (C=O) groups excluding carboxylic acids is 1. The summed E-state index contributed by atoms with van der Waals surface area (Å²) in [6.45, 7) is 7.06. The summed E-state index contributed by atoms with van der Waals surface area (Å²) in [5.41, 5.74) is 4.98. The Balaban J connectivity index is 1.85. The molecule has 7 nitrogen and oxygen atoms in total. The Morgan fingerprint density at radius 2 is 1.71 bits per heavy atom. The van der Waals surface area contributed by atoms with Gasteiger partial charge in [-0.2, -0.15) is 13.2 Å². The van der Waals surface area contributed by atoms with Gasteiger partial charge in [-0.3, -0.25) is 0 Å². The molecule has 2 aromatic rings. The molecule has 0 amide bonds. The zero-order chi connectivity index (χ0) is 22.8. The van der Waals surface area contributed by atoms with Gasteiger partial charge in [0.2, 0.25) is 0 Å². The third-order valence-corrected chi connectivity index (χ3v) is 4.96. The monoisotopic (exact) mass is 437 g/mol. The Bertz CT molecular complexity index is 935. The van der Waals surface area contributed by atoms with Crippen molar-refractivity contribution in [2.45, 2.75) is 33.5 Å². The lowest BCUT2D eigenvalue weighted by atomic mass is 9.98. The Hall–Kier alpha value is -2.72. The van der Waals surface area contributed by atoms with Crippen molar-refractivity contribution in [3.63, 3.8) is 0 Å². The molecule has 1 aliphatic heterocycles. The van der Waals surface area contributed by atoms with Gasteiger partial charge < -0.3 is 15.5 Å². The van der Waals surface area contributed by atoms with Gasteiger partial charge >= 0.3 is 12.1 Å². The quantitative estimate of drug-likeness (QED) is 0.786. The number of hydrogen-bond acceptors (Lipinski definition) is 7. The minimum absolute atomic E-state index is 0.0554. The van der Waals surface area contributed by atoms with Crippen molar-refractivity contribution in [3.05, 3.63) is 41.6 Å². The second kappa shape index (κ2) is 8.80. The smallest absolute Gasteiger partial charge is 0.367 e. The van der Waals surface area contributed by atoms with Crippen LogP contribution in [0.25, 0.3) is 11.1 Å². The number of alkyl halides is 3. The van der Waals surface area contributed by atoms with E-state index in [1.807, 2.05) is 4.90 Å². The average Bonchev–Trinajstić information content (AvgIpc) is 2.72. The van der Waals surface area contributed by atoms with E-state index in [1.165, 1.54) is 6.07 Å². The van der Waals surface area contributed by atoms with Gasteiger partial charge in [0.25, 0.3) is 0 Å². The number of hydroxylamine groups is 2. The largest absolute Gasteiger partial charge is 0.435 e. The van der Waals surface area contributed by atoms with Gasteiger partial charge in [0, 0.05) is 25.2 Å². The fourth-order valence-corrected chi connectivity index (χ4v) is 3.17. The van der Waals surface area contributed by atoms with Crippen LogP contribution in [0, 0.1) is 5.41 Å². The topological polar surface area (TPSA) is 84.6 Å². The number of benzene rings is 1. The number of halogens is 3. The third-order valence-electron chi connectivity index (χ3n) is 4.96. The number of carbonyl (C=O) groups is 1. The van der Waals surface area contributed by atoms with Gasteiger partial charge in [-0.15, -0.1) is 15.3 Å². The lowest BCUT2D eigenvalue weighted by molar-refractivity contribution is -0.201. The van der Waals surface area contributed by atoms with Crippen molar-refractivity contribution in [3.8, 4) is 11.1 Å². The van der Waals surface area contributed by atoms with Crippen molar-refractivity contribution in [2.24, 2.45) is 11.1 Å². The van der Waals surface area contributed by atoms with Gasteiger partial charge in [0.15, 0.2) is 11.5 Å². The minimum Gasteiger partial charge on any atom is -0.367 e. The van der Waals surface area contributed by atoms with Crippen molar-refractivity contribution >= 4 is 11.8 Å². The molecule has 1 saturated heterocycles. The fourth-order valence-electron chi connectivity index (χ4n) is 3.17. The molecular weight excluding hydrogens is 411 g/mol. The minimum atomic E-state index is -4.65. The number of nitrogens with zero attached hydrogens (tertiary/aromatic N) is 4. The standard InChI is InChI=1S/C21H26F3N5O2/c1-20(2,3)19(30)31-29-10-8-28(9-11-29)17-12-16(18(27-26-17)21(22,23)24)15-7-5-4-6-14(15)13-25/h4-7,12H,8-11,13,25H2,1-3H3. The normalized spacial score (nSPS) is 15.8. The van der Waals surface area contributed by atoms with E-state index in [0.29, 0.717) is 43.1 Å². The molecule has 0 saturated carbocycles. The average molecular weight is 437 g/mol. The molecule has 3 rings (SSSR count). The van der Waals surface area contributed by atoms with E-state index in [2.05, 4.69) is 10.2 Å². The van der Waals surface area contributed by atoms with Crippen LogP contribution in [0.2, 0.25) is 0 Å². The molecule has 168 valence electrons. The molecule has 1 aromatic heterocycles. The van der Waals surface area contributed by atoms with Crippen LogP contribution in [0.3, 0.4) is 0 Å². The zero-order valence-electron chi connectivity index (χ0n) is 17.7. The predicted octanol–water partition coefficient (Wildman–Crippen LogP) is 3.25. The third kappa shape index (κ3) is 5.31. The Morgan fingerprint density at radius 1 is 1.06 bits per heavy atom. The van der Waals surface area contributed by atoms with Gasteiger partial charge in [-0.1, -0.05) is 24.3 Å². The summed E-state index contributed by atoms with van der Waals surface area (Å²) >= 11 is 0. The number of hydrogen-bond donors (Lipinski definition) is 1. The maximum absolute atomic E-state index is 13.6. The first-order valence-corrected chi connectivity index (χ1v) is 9.96. The first-order valence-electron chi connectivity index (χ1n) is 9.96. The van der Waals surface area contributed by atoms with Crippen LogP contribution in [-0.4, -0.2) is 47.4 Å². The highest BCUT2D eigenvalue weighted by atomic mass is 19.4. The molecule has 1 aliphatic rings. The maximum Gasteiger partial charge on any atom is 0.435 e. The summed E-state index contributed by atoms with van der Waals surface area (Å²) in [7, 11) is 0. The van der Waals surface area contributed by atoms with Gasteiger partial charge in [-0.25, -0.2) is 4.79 Å². The molecule has 31 heavy (non-hydrogen) atoms. The SMILES string of the molecule is CC(C)(C)C(=O)ON1CCN(c2cc(-c3ccccc3CN)c(C(F)(F)F)nn2)CC1. The first kappa shape index (κ1) is 23.0. The van der Waals surface area contributed by atoms with E-state index in [9.17, 15) is 18.0 Å². The molecule has 0 radical (unpaired) electrons. The van der Waals surface area contributed by atoms with Crippen LogP contribution in [0.4, 0.5) is 19.0 Å². The molecule has 1 aromatic carbocycles. The highest BCUT2D eigenvalue weighted by Gasteiger charge is 2.37. The lowest BCUT2D eigenvalue weighted by Crippen LogP contribution is -2.48. The van der Waals surface area contributed by atoms with Gasteiger partial charge in [0.1, 0.15) is 0 Å². The molecule has 0 bridgehead atoms. The lowest BCUT2D eigenvalue weighted by Gasteiger charge is -2.35. The molecule has 2 heterocycles. The van der Waals surface area contributed by atoms with E-state index in [-0.39, 0.29) is 18.1 Å². The van der Waals surface area contributed by atoms with Crippen molar-refractivity contribution in [1.82, 2.24) is 15.3 Å². The van der Waals surface area contributed by atoms with E-state index < -0.39 is 17.3 Å². The van der Waals surface area contributed by atoms with E-state index in [1.54, 1.807) is 50.1 Å². The summed E-state index contributed by atoms with van der Waals surface area (Å²) in [5, 5.41) is 8.92. The Morgan fingerprint density at radius 3 is 2.29 bits per heavy atom. The number of rotatable bonds is 4. The number of piperazine rings is 1. The highest BCUT2D eigenvalue weighted by molar-refractivity contribution is 5.75. The molecule has 2 N–H and O–H groups in total. The molecule has 1 fully saturated rings. The molecule has 0 aliphatic carbocycles. The summed E-state index contributed by atoms with van der Waals surface area (Å²) in [5.74, 6) is -0.00688. The maximum atomic E-state index is 13.6. The molecule has 0 unspecified atom stereocenters. The van der Waals surface area contributed by atoms with Crippen molar-refractivity contribution in [1.29, 1.82) is 0 Å². The van der Waals surface area contributed by atoms with Crippen molar-refractivity contribution in [2.75, 3.05) is 31.1 Å². The number of anilines is 1. The van der Waals surface area contributed by atoms with Crippen LogP contribution >= 0.6 is 0 Å². The molecule has 10 heteroatoms. The van der Waals surface area contributed by atoms with Crippen LogP contribution in [0.5, 0.6) is 0 Å². The van der Waals surface area contributed by atoms with E-state index in [4.69, 9.17) is 10.6 Å². The summed E-state index contributed by atoms with van der Waals surface area (Å²) < 4.78 is 40.8. The second-order valence-electron chi connectivity index (χ2n) is 8.37. The summed E-state index contributed by atoms with van der Waals surface area (Å²) in [6.07, 6.45) is -4.65. The number of aromatic nitrogens is 2. The van der Waals surface area contributed by atoms with Crippen molar-refractivity contribution < 1.29 is 22.8 Å². The first-order chi connectivity index (χ1) is 14.5. The molecule has 0 atom stereocenters.